The quantitative estimate of drug-likeness (QED) is 0.717. The highest BCUT2D eigenvalue weighted by Crippen LogP contribution is 2.21. The van der Waals surface area contributed by atoms with Gasteiger partial charge in [0.15, 0.2) is 5.43 Å². The molecule has 0 saturated carbocycles. The molecule has 2 aromatic heterocycles. The van der Waals surface area contributed by atoms with Crippen LogP contribution in [-0.4, -0.2) is 22.5 Å². The van der Waals surface area contributed by atoms with Gasteiger partial charge in [0.05, 0.1) is 0 Å². The van der Waals surface area contributed by atoms with Crippen LogP contribution in [0.1, 0.15) is 18.0 Å². The second-order valence-electron chi connectivity index (χ2n) is 4.05. The Labute approximate surface area is 86.9 Å². The summed E-state index contributed by atoms with van der Waals surface area (Å²) in [5.41, 5.74) is 2.14. The van der Waals surface area contributed by atoms with E-state index in [-0.39, 0.29) is 5.43 Å². The molecule has 4 nitrogen and oxygen atoms in total. The number of H-pyrrole nitrogens is 1. The van der Waals surface area contributed by atoms with Crippen LogP contribution in [0.25, 0.3) is 5.65 Å². The fraction of sp³-hybridized carbons (Fsp3) is 0.364. The standard InChI is InChI=1S/C11H13N3O/c15-9-2-4-14-7-10(13-11(14)5-9)8-1-3-12-6-8/h2,4-5,7-8,12-13H,1,3,6H2. The molecule has 1 atom stereocenters. The molecule has 0 radical (unpaired) electrons. The minimum absolute atomic E-state index is 0.0490. The lowest BCUT2D eigenvalue weighted by Gasteiger charge is -2.02. The van der Waals surface area contributed by atoms with Gasteiger partial charge in [-0.05, 0) is 13.0 Å². The molecule has 78 valence electrons. The van der Waals surface area contributed by atoms with Crippen molar-refractivity contribution in [1.29, 1.82) is 0 Å². The lowest BCUT2D eigenvalue weighted by molar-refractivity contribution is 0.742. The van der Waals surface area contributed by atoms with E-state index in [0.29, 0.717) is 5.92 Å². The molecule has 1 fully saturated rings. The highest BCUT2D eigenvalue weighted by atomic mass is 16.1. The van der Waals surface area contributed by atoms with Crippen molar-refractivity contribution in [3.8, 4) is 0 Å². The van der Waals surface area contributed by atoms with E-state index < -0.39 is 0 Å². The smallest absolute Gasteiger partial charge is 0.183 e. The minimum Gasteiger partial charge on any atom is -0.343 e. The van der Waals surface area contributed by atoms with Gasteiger partial charge in [0.1, 0.15) is 5.65 Å². The van der Waals surface area contributed by atoms with Crippen molar-refractivity contribution < 1.29 is 0 Å². The molecule has 4 heteroatoms. The molecule has 1 aliphatic heterocycles. The first kappa shape index (κ1) is 8.73. The summed E-state index contributed by atoms with van der Waals surface area (Å²) in [5, 5.41) is 3.34. The Bertz CT molecular complexity index is 534. The number of aromatic amines is 1. The summed E-state index contributed by atoms with van der Waals surface area (Å²) < 4.78 is 1.97. The van der Waals surface area contributed by atoms with Crippen molar-refractivity contribution in [2.24, 2.45) is 0 Å². The number of hydrogen-bond donors (Lipinski definition) is 2. The van der Waals surface area contributed by atoms with Crippen LogP contribution in [0, 0.1) is 0 Å². The van der Waals surface area contributed by atoms with Crippen LogP contribution in [0.4, 0.5) is 0 Å². The molecule has 15 heavy (non-hydrogen) atoms. The molecule has 0 bridgehead atoms. The topological polar surface area (TPSA) is 49.3 Å². The summed E-state index contributed by atoms with van der Waals surface area (Å²) in [6.07, 6.45) is 5.05. The molecule has 3 rings (SSSR count). The van der Waals surface area contributed by atoms with Gasteiger partial charge in [0.2, 0.25) is 0 Å². The number of rotatable bonds is 1. The van der Waals surface area contributed by atoms with Gasteiger partial charge in [-0.3, -0.25) is 4.79 Å². The van der Waals surface area contributed by atoms with Crippen LogP contribution in [0.15, 0.2) is 29.3 Å². The molecular weight excluding hydrogens is 190 g/mol. The maximum atomic E-state index is 11.2. The van der Waals surface area contributed by atoms with E-state index in [4.69, 9.17) is 0 Å². The monoisotopic (exact) mass is 203 g/mol. The van der Waals surface area contributed by atoms with Crippen molar-refractivity contribution in [3.05, 3.63) is 40.4 Å². The Morgan fingerprint density at radius 3 is 3.20 bits per heavy atom. The number of pyridine rings is 1. The molecule has 0 spiro atoms. The highest BCUT2D eigenvalue weighted by Gasteiger charge is 2.18. The average molecular weight is 203 g/mol. The zero-order valence-corrected chi connectivity index (χ0v) is 8.36. The number of nitrogens with zero attached hydrogens (tertiary/aromatic N) is 1. The number of hydrogen-bond acceptors (Lipinski definition) is 2. The first-order chi connectivity index (χ1) is 7.33. The second kappa shape index (κ2) is 3.24. The number of fused-ring (bicyclic) bond motifs is 1. The van der Waals surface area contributed by atoms with Crippen molar-refractivity contribution in [1.82, 2.24) is 14.7 Å². The van der Waals surface area contributed by atoms with E-state index in [0.717, 1.165) is 25.2 Å². The molecule has 0 amide bonds. The Kier molecular flexibility index (Phi) is 1.89. The van der Waals surface area contributed by atoms with Crippen LogP contribution in [0.3, 0.4) is 0 Å². The van der Waals surface area contributed by atoms with Crippen molar-refractivity contribution >= 4 is 5.65 Å². The Morgan fingerprint density at radius 1 is 1.47 bits per heavy atom. The summed E-state index contributed by atoms with van der Waals surface area (Å²) in [6, 6.07) is 3.21. The molecule has 0 aromatic carbocycles. The normalized spacial score (nSPS) is 21.2. The summed E-state index contributed by atoms with van der Waals surface area (Å²) in [7, 11) is 0. The SMILES string of the molecule is O=c1ccn2cc(C3CCNC3)[nH]c2c1. The van der Waals surface area contributed by atoms with Crippen LogP contribution >= 0.6 is 0 Å². The number of aromatic nitrogens is 2. The van der Waals surface area contributed by atoms with Gasteiger partial charge < -0.3 is 14.7 Å². The summed E-state index contributed by atoms with van der Waals surface area (Å²) in [5.74, 6) is 0.556. The summed E-state index contributed by atoms with van der Waals surface area (Å²) >= 11 is 0. The van der Waals surface area contributed by atoms with E-state index in [2.05, 4.69) is 16.5 Å². The molecule has 3 heterocycles. The lowest BCUT2D eigenvalue weighted by Crippen LogP contribution is -2.08. The molecular formula is C11H13N3O. The van der Waals surface area contributed by atoms with Gasteiger partial charge in [-0.2, -0.15) is 0 Å². The van der Waals surface area contributed by atoms with Gasteiger partial charge in [-0.1, -0.05) is 0 Å². The fourth-order valence-corrected chi connectivity index (χ4v) is 2.16. The first-order valence-corrected chi connectivity index (χ1v) is 5.24. The molecule has 1 unspecified atom stereocenters. The van der Waals surface area contributed by atoms with Gasteiger partial charge in [-0.15, -0.1) is 0 Å². The predicted octanol–water partition coefficient (Wildman–Crippen LogP) is 0.705. The Hall–Kier alpha value is -1.55. The zero-order valence-electron chi connectivity index (χ0n) is 8.36. The van der Waals surface area contributed by atoms with E-state index in [1.165, 1.54) is 5.69 Å². The second-order valence-corrected chi connectivity index (χ2v) is 4.05. The van der Waals surface area contributed by atoms with E-state index in [1.807, 2.05) is 4.40 Å². The maximum absolute atomic E-state index is 11.2. The predicted molar refractivity (Wildman–Crippen MR) is 58.2 cm³/mol. The first-order valence-electron chi connectivity index (χ1n) is 5.24. The maximum Gasteiger partial charge on any atom is 0.183 e. The fourth-order valence-electron chi connectivity index (χ4n) is 2.16. The van der Waals surface area contributed by atoms with Crippen LogP contribution in [0.5, 0.6) is 0 Å². The van der Waals surface area contributed by atoms with Gasteiger partial charge in [-0.25, -0.2) is 0 Å². The highest BCUT2D eigenvalue weighted by molar-refractivity contribution is 5.40. The van der Waals surface area contributed by atoms with E-state index in [1.54, 1.807) is 18.3 Å². The molecule has 0 aliphatic carbocycles. The number of imidazole rings is 1. The Morgan fingerprint density at radius 2 is 2.40 bits per heavy atom. The van der Waals surface area contributed by atoms with Crippen LogP contribution < -0.4 is 10.7 Å². The lowest BCUT2D eigenvalue weighted by atomic mass is 10.1. The molecule has 2 aromatic rings. The molecule has 2 N–H and O–H groups in total. The average Bonchev–Trinajstić information content (AvgIpc) is 2.84. The third kappa shape index (κ3) is 1.47. The van der Waals surface area contributed by atoms with Crippen LogP contribution in [-0.2, 0) is 0 Å². The van der Waals surface area contributed by atoms with Gasteiger partial charge in [0.25, 0.3) is 0 Å². The van der Waals surface area contributed by atoms with Crippen molar-refractivity contribution in [3.63, 3.8) is 0 Å². The van der Waals surface area contributed by atoms with Gasteiger partial charge >= 0.3 is 0 Å². The summed E-state index contributed by atoms with van der Waals surface area (Å²) in [4.78, 5) is 14.5. The van der Waals surface area contributed by atoms with Crippen molar-refractivity contribution in [2.75, 3.05) is 13.1 Å². The Balaban J connectivity index is 2.09. The van der Waals surface area contributed by atoms with Crippen LogP contribution in [0.2, 0.25) is 0 Å². The minimum atomic E-state index is 0.0490. The summed E-state index contributed by atoms with van der Waals surface area (Å²) in [6.45, 7) is 2.11. The van der Waals surface area contributed by atoms with Gasteiger partial charge in [0, 0.05) is 42.7 Å². The molecule has 1 saturated heterocycles. The zero-order chi connectivity index (χ0) is 10.3. The third-order valence-electron chi connectivity index (χ3n) is 3.01. The number of nitrogens with one attached hydrogen (secondary N) is 2. The largest absolute Gasteiger partial charge is 0.343 e. The molecule has 1 aliphatic rings. The van der Waals surface area contributed by atoms with Crippen molar-refractivity contribution in [2.45, 2.75) is 12.3 Å². The van der Waals surface area contributed by atoms with E-state index >= 15 is 0 Å². The third-order valence-corrected chi connectivity index (χ3v) is 3.01. The van der Waals surface area contributed by atoms with E-state index in [9.17, 15) is 4.79 Å².